The van der Waals surface area contributed by atoms with Gasteiger partial charge in [-0.05, 0) is 13.8 Å². The summed E-state index contributed by atoms with van der Waals surface area (Å²) in [6.07, 6.45) is 0. The molecular formula is C6H12N2O. The fourth-order valence-corrected chi connectivity index (χ4v) is 0.453. The van der Waals surface area contributed by atoms with Crippen LogP contribution >= 0.6 is 0 Å². The molecule has 3 nitrogen and oxygen atoms in total. The van der Waals surface area contributed by atoms with Gasteiger partial charge in [0.25, 0.3) is 0 Å². The van der Waals surface area contributed by atoms with Gasteiger partial charge in [-0.1, -0.05) is 0 Å². The minimum absolute atomic E-state index is 0.0871. The Morgan fingerprint density at radius 3 is 2.11 bits per heavy atom. The molecule has 0 bridgehead atoms. The molecule has 0 aromatic heterocycles. The van der Waals surface area contributed by atoms with Crippen molar-refractivity contribution in [1.29, 1.82) is 5.41 Å². The van der Waals surface area contributed by atoms with Crippen molar-refractivity contribution in [3.8, 4) is 0 Å². The van der Waals surface area contributed by atoms with E-state index in [1.54, 1.807) is 18.9 Å². The van der Waals surface area contributed by atoms with E-state index in [0.29, 0.717) is 12.4 Å². The molecular weight excluding hydrogens is 116 g/mol. The lowest BCUT2D eigenvalue weighted by molar-refractivity contribution is -0.117. The Morgan fingerprint density at radius 2 is 2.00 bits per heavy atom. The van der Waals surface area contributed by atoms with Crippen LogP contribution in [0.5, 0.6) is 0 Å². The number of rotatable bonds is 2. The van der Waals surface area contributed by atoms with Crippen LogP contribution in [0, 0.1) is 5.41 Å². The molecule has 0 atom stereocenters. The molecule has 0 saturated carbocycles. The fourth-order valence-electron chi connectivity index (χ4n) is 0.453. The first kappa shape index (κ1) is 8.14. The van der Waals surface area contributed by atoms with Gasteiger partial charge in [0.1, 0.15) is 5.78 Å². The summed E-state index contributed by atoms with van der Waals surface area (Å²) in [6, 6.07) is 0. The predicted molar refractivity (Wildman–Crippen MR) is 36.7 cm³/mol. The van der Waals surface area contributed by atoms with Gasteiger partial charge in [0.05, 0.1) is 12.4 Å². The van der Waals surface area contributed by atoms with E-state index in [1.807, 2.05) is 0 Å². The van der Waals surface area contributed by atoms with E-state index < -0.39 is 0 Å². The third kappa shape index (κ3) is 3.70. The van der Waals surface area contributed by atoms with Crippen LogP contribution in [0.4, 0.5) is 0 Å². The molecule has 0 aromatic carbocycles. The van der Waals surface area contributed by atoms with E-state index in [9.17, 15) is 4.79 Å². The number of ketones is 1. The highest BCUT2D eigenvalue weighted by Crippen LogP contribution is 1.82. The molecule has 0 saturated heterocycles. The second-order valence-corrected chi connectivity index (χ2v) is 2.14. The molecule has 0 amide bonds. The quantitative estimate of drug-likeness (QED) is 0.435. The Labute approximate surface area is 55.2 Å². The van der Waals surface area contributed by atoms with Crippen LogP contribution in [-0.2, 0) is 4.79 Å². The lowest BCUT2D eigenvalue weighted by atomic mass is 10.4. The average molecular weight is 128 g/mol. The summed E-state index contributed by atoms with van der Waals surface area (Å²) in [4.78, 5) is 12.0. The van der Waals surface area contributed by atoms with Crippen molar-refractivity contribution in [3.05, 3.63) is 0 Å². The van der Waals surface area contributed by atoms with Crippen molar-refractivity contribution >= 4 is 11.6 Å². The molecule has 0 aliphatic carbocycles. The third-order valence-electron chi connectivity index (χ3n) is 1.03. The molecule has 9 heavy (non-hydrogen) atoms. The smallest absolute Gasteiger partial charge is 0.149 e. The summed E-state index contributed by atoms with van der Waals surface area (Å²) in [5.74, 6) is 0.509. The normalized spacial score (nSPS) is 8.78. The molecule has 0 rings (SSSR count). The van der Waals surface area contributed by atoms with Crippen LogP contribution in [0.15, 0.2) is 0 Å². The lowest BCUT2D eigenvalue weighted by Crippen LogP contribution is -2.28. The van der Waals surface area contributed by atoms with Gasteiger partial charge in [0.2, 0.25) is 0 Å². The summed E-state index contributed by atoms with van der Waals surface area (Å²) in [5, 5.41) is 7.07. The second kappa shape index (κ2) is 3.22. The van der Waals surface area contributed by atoms with Crippen LogP contribution in [-0.4, -0.2) is 30.1 Å². The Hall–Kier alpha value is -0.860. The van der Waals surface area contributed by atoms with Gasteiger partial charge in [-0.25, -0.2) is 0 Å². The molecule has 0 fully saturated rings. The summed E-state index contributed by atoms with van der Waals surface area (Å²) in [7, 11) is 1.73. The molecule has 0 radical (unpaired) electrons. The highest BCUT2D eigenvalue weighted by Gasteiger charge is 1.99. The third-order valence-corrected chi connectivity index (χ3v) is 1.03. The number of hydrogen-bond acceptors (Lipinski definition) is 2. The van der Waals surface area contributed by atoms with Gasteiger partial charge < -0.3 is 4.90 Å². The molecule has 0 aliphatic rings. The van der Waals surface area contributed by atoms with Crippen molar-refractivity contribution < 1.29 is 4.79 Å². The predicted octanol–water partition coefficient (Wildman–Crippen LogP) is 0.504. The zero-order valence-corrected chi connectivity index (χ0v) is 6.06. The maximum Gasteiger partial charge on any atom is 0.149 e. The number of hydrogen-bond donors (Lipinski definition) is 1. The fraction of sp³-hybridized carbons (Fsp3) is 0.667. The molecule has 1 N–H and O–H groups in total. The SMILES string of the molecule is CC(=N)N(C)CC(C)=O. The molecule has 3 heteroatoms. The summed E-state index contributed by atoms with van der Waals surface area (Å²) in [5.41, 5.74) is 0. The van der Waals surface area contributed by atoms with Gasteiger partial charge in [-0.3, -0.25) is 10.2 Å². The average Bonchev–Trinajstić information content (AvgIpc) is 1.63. The van der Waals surface area contributed by atoms with E-state index >= 15 is 0 Å². The van der Waals surface area contributed by atoms with Crippen molar-refractivity contribution in [2.24, 2.45) is 0 Å². The highest BCUT2D eigenvalue weighted by atomic mass is 16.1. The maximum absolute atomic E-state index is 10.4. The van der Waals surface area contributed by atoms with E-state index in [4.69, 9.17) is 5.41 Å². The van der Waals surface area contributed by atoms with Crippen LogP contribution < -0.4 is 0 Å². The van der Waals surface area contributed by atoms with Crippen LogP contribution in [0.3, 0.4) is 0 Å². The largest absolute Gasteiger partial charge is 0.357 e. The highest BCUT2D eigenvalue weighted by molar-refractivity contribution is 5.84. The lowest BCUT2D eigenvalue weighted by Gasteiger charge is -2.13. The number of carbonyl (C=O) groups is 1. The van der Waals surface area contributed by atoms with Crippen LogP contribution in [0.1, 0.15) is 13.8 Å². The number of nitrogens with zero attached hydrogens (tertiary/aromatic N) is 1. The summed E-state index contributed by atoms with van der Waals surface area (Å²) in [6.45, 7) is 3.51. The zero-order chi connectivity index (χ0) is 7.44. The molecule has 0 spiro atoms. The van der Waals surface area contributed by atoms with Gasteiger partial charge in [0, 0.05) is 7.05 Å². The van der Waals surface area contributed by atoms with Gasteiger partial charge in [0.15, 0.2) is 0 Å². The van der Waals surface area contributed by atoms with Crippen molar-refractivity contribution in [3.63, 3.8) is 0 Å². The first-order valence-electron chi connectivity index (χ1n) is 2.79. The van der Waals surface area contributed by atoms with Gasteiger partial charge in [-0.15, -0.1) is 0 Å². The topological polar surface area (TPSA) is 44.2 Å². The maximum atomic E-state index is 10.4. The van der Waals surface area contributed by atoms with E-state index in [0.717, 1.165) is 0 Å². The van der Waals surface area contributed by atoms with E-state index in [-0.39, 0.29) is 5.78 Å². The van der Waals surface area contributed by atoms with Crippen molar-refractivity contribution in [1.82, 2.24) is 4.90 Å². The summed E-state index contributed by atoms with van der Waals surface area (Å²) < 4.78 is 0. The van der Waals surface area contributed by atoms with Gasteiger partial charge in [-0.2, -0.15) is 0 Å². The standard InChI is InChI=1S/C6H12N2O/c1-5(9)4-8(3)6(2)7/h7H,4H2,1-3H3. The first-order chi connectivity index (χ1) is 4.04. The number of likely N-dealkylation sites (N-methyl/N-ethyl adjacent to an activating group) is 1. The number of amidine groups is 1. The van der Waals surface area contributed by atoms with E-state index in [2.05, 4.69) is 0 Å². The van der Waals surface area contributed by atoms with Gasteiger partial charge >= 0.3 is 0 Å². The summed E-state index contributed by atoms with van der Waals surface area (Å²) >= 11 is 0. The Kier molecular flexibility index (Phi) is 2.91. The molecule has 52 valence electrons. The molecule has 0 aromatic rings. The van der Waals surface area contributed by atoms with E-state index in [1.165, 1.54) is 6.92 Å². The number of Topliss-reactive ketones (excluding diaryl/α,β-unsaturated/α-hetero) is 1. The second-order valence-electron chi connectivity index (χ2n) is 2.14. The van der Waals surface area contributed by atoms with Crippen LogP contribution in [0.25, 0.3) is 0 Å². The minimum atomic E-state index is 0.0871. The molecule has 0 aliphatic heterocycles. The monoisotopic (exact) mass is 128 g/mol. The number of nitrogens with one attached hydrogen (secondary N) is 1. The molecule has 0 heterocycles. The minimum Gasteiger partial charge on any atom is -0.357 e. The van der Waals surface area contributed by atoms with Crippen LogP contribution in [0.2, 0.25) is 0 Å². The van der Waals surface area contributed by atoms with Crippen molar-refractivity contribution in [2.45, 2.75) is 13.8 Å². The Morgan fingerprint density at radius 1 is 1.56 bits per heavy atom. The molecule has 0 unspecified atom stereocenters. The number of carbonyl (C=O) groups excluding carboxylic acids is 1. The Balaban J connectivity index is 3.63. The Bertz CT molecular complexity index is 131. The zero-order valence-electron chi connectivity index (χ0n) is 6.06. The van der Waals surface area contributed by atoms with Crippen molar-refractivity contribution in [2.75, 3.05) is 13.6 Å². The first-order valence-corrected chi connectivity index (χ1v) is 2.79.